The van der Waals surface area contributed by atoms with E-state index in [1.54, 1.807) is 6.92 Å². The molecule has 1 rings (SSSR count). The molecule has 4 nitrogen and oxygen atoms in total. The summed E-state index contributed by atoms with van der Waals surface area (Å²) in [6.07, 6.45) is 6.00. The number of hydrogen-bond donors (Lipinski definition) is 2. The van der Waals surface area contributed by atoms with E-state index in [2.05, 4.69) is 10.8 Å². The standard InChI is InChI=1S/C10H20N2O2/c1-8(12-14-2)10(13)11-9-6-4-3-5-7-9/h8-9,12H,3-7H2,1-2H3,(H,11,13). The van der Waals surface area contributed by atoms with E-state index in [1.807, 2.05) is 0 Å². The van der Waals surface area contributed by atoms with E-state index in [1.165, 1.54) is 26.4 Å². The molecule has 1 aliphatic rings. The van der Waals surface area contributed by atoms with Gasteiger partial charge in [-0.3, -0.25) is 4.79 Å². The fourth-order valence-corrected chi connectivity index (χ4v) is 1.80. The summed E-state index contributed by atoms with van der Waals surface area (Å²) in [7, 11) is 1.52. The van der Waals surface area contributed by atoms with Gasteiger partial charge in [-0.1, -0.05) is 19.3 Å². The molecule has 14 heavy (non-hydrogen) atoms. The third kappa shape index (κ3) is 3.64. The van der Waals surface area contributed by atoms with Crippen LogP contribution in [0.2, 0.25) is 0 Å². The Morgan fingerprint density at radius 2 is 2.00 bits per heavy atom. The van der Waals surface area contributed by atoms with Gasteiger partial charge in [-0.05, 0) is 19.8 Å². The van der Waals surface area contributed by atoms with Crippen LogP contribution in [0, 0.1) is 0 Å². The summed E-state index contributed by atoms with van der Waals surface area (Å²) in [5.74, 6) is 0.0266. The van der Waals surface area contributed by atoms with Gasteiger partial charge in [0.05, 0.1) is 7.11 Å². The Hall–Kier alpha value is -0.610. The molecule has 0 aromatic carbocycles. The highest BCUT2D eigenvalue weighted by Crippen LogP contribution is 2.17. The third-order valence-electron chi connectivity index (χ3n) is 2.64. The van der Waals surface area contributed by atoms with Crippen LogP contribution in [0.15, 0.2) is 0 Å². The molecule has 0 heterocycles. The molecule has 0 spiro atoms. The lowest BCUT2D eigenvalue weighted by Gasteiger charge is -2.24. The molecule has 0 aliphatic heterocycles. The maximum atomic E-state index is 11.5. The average molecular weight is 200 g/mol. The lowest BCUT2D eigenvalue weighted by Crippen LogP contribution is -2.46. The fourth-order valence-electron chi connectivity index (χ4n) is 1.80. The number of nitrogens with one attached hydrogen (secondary N) is 2. The number of carbonyl (C=O) groups excluding carboxylic acids is 1. The van der Waals surface area contributed by atoms with E-state index in [-0.39, 0.29) is 11.9 Å². The number of hydrogen-bond acceptors (Lipinski definition) is 3. The summed E-state index contributed by atoms with van der Waals surface area (Å²) < 4.78 is 0. The van der Waals surface area contributed by atoms with Crippen LogP contribution in [0.5, 0.6) is 0 Å². The SMILES string of the molecule is CONC(C)C(=O)NC1CCCCC1. The molecule has 0 radical (unpaired) electrons. The summed E-state index contributed by atoms with van der Waals surface area (Å²) >= 11 is 0. The smallest absolute Gasteiger partial charge is 0.239 e. The van der Waals surface area contributed by atoms with Crippen LogP contribution in [-0.2, 0) is 9.63 Å². The van der Waals surface area contributed by atoms with Crippen LogP contribution in [0.3, 0.4) is 0 Å². The Labute approximate surface area is 85.3 Å². The molecule has 1 unspecified atom stereocenters. The van der Waals surface area contributed by atoms with E-state index < -0.39 is 0 Å². The Morgan fingerprint density at radius 1 is 1.36 bits per heavy atom. The Kier molecular flexibility index (Phi) is 4.90. The molecule has 0 saturated heterocycles. The first-order chi connectivity index (χ1) is 6.74. The zero-order valence-corrected chi connectivity index (χ0v) is 9.01. The highest BCUT2D eigenvalue weighted by atomic mass is 16.6. The normalized spacial score (nSPS) is 20.4. The number of amides is 1. The number of rotatable bonds is 4. The summed E-state index contributed by atoms with van der Waals surface area (Å²) in [4.78, 5) is 16.3. The maximum absolute atomic E-state index is 11.5. The summed E-state index contributed by atoms with van der Waals surface area (Å²) in [5.41, 5.74) is 2.62. The minimum atomic E-state index is -0.276. The van der Waals surface area contributed by atoms with Crippen LogP contribution >= 0.6 is 0 Å². The lowest BCUT2D eigenvalue weighted by molar-refractivity contribution is -0.126. The predicted octanol–water partition coefficient (Wildman–Crippen LogP) is 0.975. The van der Waals surface area contributed by atoms with Crippen LogP contribution < -0.4 is 10.8 Å². The first-order valence-corrected chi connectivity index (χ1v) is 5.33. The molecule has 82 valence electrons. The first kappa shape index (κ1) is 11.5. The molecule has 1 atom stereocenters. The van der Waals surface area contributed by atoms with E-state index >= 15 is 0 Å². The van der Waals surface area contributed by atoms with Gasteiger partial charge in [0, 0.05) is 6.04 Å². The molecule has 1 aliphatic carbocycles. The van der Waals surface area contributed by atoms with Crippen molar-refractivity contribution in [2.24, 2.45) is 0 Å². The second-order valence-electron chi connectivity index (χ2n) is 3.89. The molecule has 1 amide bonds. The molecule has 0 bridgehead atoms. The highest BCUT2D eigenvalue weighted by Gasteiger charge is 2.18. The zero-order valence-electron chi connectivity index (χ0n) is 9.01. The van der Waals surface area contributed by atoms with Crippen LogP contribution in [0.1, 0.15) is 39.0 Å². The maximum Gasteiger partial charge on any atom is 0.239 e. The van der Waals surface area contributed by atoms with Gasteiger partial charge in [0.1, 0.15) is 6.04 Å². The molecular weight excluding hydrogens is 180 g/mol. The largest absolute Gasteiger partial charge is 0.352 e. The average Bonchev–Trinajstić information content (AvgIpc) is 2.19. The zero-order chi connectivity index (χ0) is 10.4. The lowest BCUT2D eigenvalue weighted by atomic mass is 9.95. The Bertz CT molecular complexity index is 179. The van der Waals surface area contributed by atoms with Gasteiger partial charge in [-0.15, -0.1) is 0 Å². The van der Waals surface area contributed by atoms with Crippen molar-refractivity contribution >= 4 is 5.91 Å². The number of carbonyl (C=O) groups is 1. The number of hydroxylamine groups is 1. The topological polar surface area (TPSA) is 50.4 Å². The summed E-state index contributed by atoms with van der Waals surface area (Å²) in [6.45, 7) is 1.79. The van der Waals surface area contributed by atoms with Crippen molar-refractivity contribution in [2.45, 2.75) is 51.1 Å². The molecule has 0 aromatic rings. The van der Waals surface area contributed by atoms with Gasteiger partial charge >= 0.3 is 0 Å². The van der Waals surface area contributed by atoms with Crippen LogP contribution in [0.25, 0.3) is 0 Å². The van der Waals surface area contributed by atoms with Gasteiger partial charge in [-0.2, -0.15) is 5.48 Å². The molecule has 2 N–H and O–H groups in total. The second-order valence-corrected chi connectivity index (χ2v) is 3.89. The van der Waals surface area contributed by atoms with Gasteiger partial charge < -0.3 is 10.2 Å². The van der Waals surface area contributed by atoms with E-state index in [4.69, 9.17) is 4.84 Å². The van der Waals surface area contributed by atoms with Gasteiger partial charge in [0.25, 0.3) is 0 Å². The van der Waals surface area contributed by atoms with Gasteiger partial charge in [0.15, 0.2) is 0 Å². The van der Waals surface area contributed by atoms with Crippen molar-refractivity contribution in [1.82, 2.24) is 10.8 Å². The van der Waals surface area contributed by atoms with E-state index in [0.29, 0.717) is 6.04 Å². The predicted molar refractivity (Wildman–Crippen MR) is 54.6 cm³/mol. The summed E-state index contributed by atoms with van der Waals surface area (Å²) in [5, 5.41) is 3.02. The Morgan fingerprint density at radius 3 is 2.57 bits per heavy atom. The summed E-state index contributed by atoms with van der Waals surface area (Å²) in [6, 6.07) is 0.0966. The molecule has 0 aromatic heterocycles. The second kappa shape index (κ2) is 5.98. The quantitative estimate of drug-likeness (QED) is 0.665. The molecule has 4 heteroatoms. The fraction of sp³-hybridized carbons (Fsp3) is 0.900. The van der Waals surface area contributed by atoms with Crippen molar-refractivity contribution in [3.8, 4) is 0 Å². The molecule has 1 saturated carbocycles. The van der Waals surface area contributed by atoms with Crippen LogP contribution in [0.4, 0.5) is 0 Å². The van der Waals surface area contributed by atoms with E-state index in [0.717, 1.165) is 12.8 Å². The molecule has 1 fully saturated rings. The van der Waals surface area contributed by atoms with Gasteiger partial charge in [0.2, 0.25) is 5.91 Å². The highest BCUT2D eigenvalue weighted by molar-refractivity contribution is 5.81. The first-order valence-electron chi connectivity index (χ1n) is 5.33. The van der Waals surface area contributed by atoms with Crippen molar-refractivity contribution in [1.29, 1.82) is 0 Å². The van der Waals surface area contributed by atoms with Crippen molar-refractivity contribution < 1.29 is 9.63 Å². The third-order valence-corrected chi connectivity index (χ3v) is 2.64. The monoisotopic (exact) mass is 200 g/mol. The van der Waals surface area contributed by atoms with Gasteiger partial charge in [-0.25, -0.2) is 0 Å². The van der Waals surface area contributed by atoms with Crippen LogP contribution in [-0.4, -0.2) is 25.1 Å². The minimum Gasteiger partial charge on any atom is -0.352 e. The Balaban J connectivity index is 2.24. The molecular formula is C10H20N2O2. The van der Waals surface area contributed by atoms with Crippen molar-refractivity contribution in [2.75, 3.05) is 7.11 Å². The minimum absolute atomic E-state index is 0.0266. The van der Waals surface area contributed by atoms with Crippen molar-refractivity contribution in [3.63, 3.8) is 0 Å². The van der Waals surface area contributed by atoms with Crippen molar-refractivity contribution in [3.05, 3.63) is 0 Å². The van der Waals surface area contributed by atoms with E-state index in [9.17, 15) is 4.79 Å².